The van der Waals surface area contributed by atoms with E-state index >= 15 is 0 Å². The number of hydrogen-bond donors (Lipinski definition) is 2. The first-order valence-electron chi connectivity index (χ1n) is 7.32. The molecule has 21 heavy (non-hydrogen) atoms. The highest BCUT2D eigenvalue weighted by Gasteiger charge is 2.58. The molecule has 2 aliphatic rings. The van der Waals surface area contributed by atoms with Gasteiger partial charge in [-0.2, -0.15) is 0 Å². The predicted octanol–water partition coefficient (Wildman–Crippen LogP) is 3.14. The van der Waals surface area contributed by atoms with Crippen LogP contribution in [-0.4, -0.2) is 29.8 Å². The first-order valence-corrected chi connectivity index (χ1v) is 7.32. The van der Waals surface area contributed by atoms with Crippen LogP contribution in [0.25, 0.3) is 0 Å². The summed E-state index contributed by atoms with van der Waals surface area (Å²) >= 11 is 0. The summed E-state index contributed by atoms with van der Waals surface area (Å²) in [5.41, 5.74) is 0.265. The van der Waals surface area contributed by atoms with E-state index in [1.165, 1.54) is 18.2 Å². The van der Waals surface area contributed by atoms with Crippen molar-refractivity contribution in [3.63, 3.8) is 0 Å². The molecule has 1 aliphatic carbocycles. The van der Waals surface area contributed by atoms with Gasteiger partial charge in [0, 0.05) is 24.0 Å². The number of aromatic carboxylic acids is 1. The van der Waals surface area contributed by atoms with Crippen LogP contribution in [0.2, 0.25) is 0 Å². The van der Waals surface area contributed by atoms with Gasteiger partial charge in [0.15, 0.2) is 0 Å². The number of anilines is 1. The SMILES string of the molecule is CC1(C)C(Nc2cc(C(=O)O)ccc2F)C2CCCOC21. The highest BCUT2D eigenvalue weighted by molar-refractivity contribution is 5.88. The monoisotopic (exact) mass is 293 g/mol. The second-order valence-electron chi connectivity index (χ2n) is 6.54. The normalized spacial score (nSPS) is 30.1. The van der Waals surface area contributed by atoms with Crippen molar-refractivity contribution in [2.24, 2.45) is 11.3 Å². The summed E-state index contributed by atoms with van der Waals surface area (Å²) in [4.78, 5) is 11.0. The predicted molar refractivity (Wildman–Crippen MR) is 77.0 cm³/mol. The van der Waals surface area contributed by atoms with E-state index in [2.05, 4.69) is 19.2 Å². The molecule has 0 aromatic heterocycles. The van der Waals surface area contributed by atoms with Crippen LogP contribution in [0, 0.1) is 17.2 Å². The van der Waals surface area contributed by atoms with Crippen LogP contribution in [0.1, 0.15) is 37.0 Å². The first kappa shape index (κ1) is 14.3. The third-order valence-electron chi connectivity index (χ3n) is 4.86. The molecule has 1 aliphatic heterocycles. The molecule has 0 amide bonds. The summed E-state index contributed by atoms with van der Waals surface area (Å²) in [6.45, 7) is 5.01. The number of nitrogens with one attached hydrogen (secondary N) is 1. The zero-order chi connectivity index (χ0) is 15.2. The van der Waals surface area contributed by atoms with Crippen LogP contribution in [0.4, 0.5) is 10.1 Å². The highest BCUT2D eigenvalue weighted by atomic mass is 19.1. The zero-order valence-corrected chi connectivity index (χ0v) is 12.2. The summed E-state index contributed by atoms with van der Waals surface area (Å²) in [6, 6.07) is 3.94. The molecule has 2 N–H and O–H groups in total. The van der Waals surface area contributed by atoms with Crippen molar-refractivity contribution in [2.45, 2.75) is 38.8 Å². The molecule has 1 heterocycles. The number of ether oxygens (including phenoxy) is 1. The van der Waals surface area contributed by atoms with Crippen molar-refractivity contribution in [2.75, 3.05) is 11.9 Å². The summed E-state index contributed by atoms with van der Waals surface area (Å²) < 4.78 is 19.8. The minimum Gasteiger partial charge on any atom is -0.478 e. The van der Waals surface area contributed by atoms with Gasteiger partial charge in [-0.25, -0.2) is 9.18 Å². The number of benzene rings is 1. The molecule has 1 aromatic carbocycles. The largest absolute Gasteiger partial charge is 0.478 e. The van der Waals surface area contributed by atoms with Crippen LogP contribution in [0.15, 0.2) is 18.2 Å². The minimum absolute atomic E-state index is 0.0866. The second kappa shape index (κ2) is 4.98. The van der Waals surface area contributed by atoms with Crippen LogP contribution in [0.3, 0.4) is 0 Å². The Labute approximate surface area is 123 Å². The maximum absolute atomic E-state index is 13.9. The number of fused-ring (bicyclic) bond motifs is 1. The molecule has 1 saturated heterocycles. The maximum Gasteiger partial charge on any atom is 0.335 e. The topological polar surface area (TPSA) is 58.6 Å². The van der Waals surface area contributed by atoms with Gasteiger partial charge in [0.05, 0.1) is 17.4 Å². The molecule has 0 radical (unpaired) electrons. The number of halogens is 1. The van der Waals surface area contributed by atoms with E-state index in [4.69, 9.17) is 9.84 Å². The Morgan fingerprint density at radius 3 is 2.95 bits per heavy atom. The summed E-state index contributed by atoms with van der Waals surface area (Å²) in [5, 5.41) is 12.2. The van der Waals surface area contributed by atoms with Crippen molar-refractivity contribution in [3.05, 3.63) is 29.6 Å². The molecule has 0 spiro atoms. The lowest BCUT2D eigenvalue weighted by Gasteiger charge is -2.60. The molecule has 5 heteroatoms. The molecule has 3 atom stereocenters. The zero-order valence-electron chi connectivity index (χ0n) is 12.2. The van der Waals surface area contributed by atoms with E-state index in [1.807, 2.05) is 0 Å². The third-order valence-corrected chi connectivity index (χ3v) is 4.86. The molecule has 0 bridgehead atoms. The molecule has 2 fully saturated rings. The van der Waals surface area contributed by atoms with Gasteiger partial charge >= 0.3 is 5.97 Å². The highest BCUT2D eigenvalue weighted by Crippen LogP contribution is 2.52. The van der Waals surface area contributed by atoms with Crippen molar-refractivity contribution in [1.82, 2.24) is 0 Å². The molecular formula is C16H20FNO3. The van der Waals surface area contributed by atoms with E-state index in [-0.39, 0.29) is 28.8 Å². The average molecular weight is 293 g/mol. The quantitative estimate of drug-likeness (QED) is 0.899. The molecule has 1 aromatic rings. The summed E-state index contributed by atoms with van der Waals surface area (Å²) in [5.74, 6) is -1.11. The van der Waals surface area contributed by atoms with Crippen LogP contribution >= 0.6 is 0 Å². The Hall–Kier alpha value is -1.62. The number of carboxylic acids is 1. The lowest BCUT2D eigenvalue weighted by molar-refractivity contribution is -0.177. The van der Waals surface area contributed by atoms with Crippen LogP contribution < -0.4 is 5.32 Å². The Balaban J connectivity index is 1.83. The van der Waals surface area contributed by atoms with Gasteiger partial charge in [-0.05, 0) is 31.0 Å². The summed E-state index contributed by atoms with van der Waals surface area (Å²) in [7, 11) is 0. The van der Waals surface area contributed by atoms with Gasteiger partial charge < -0.3 is 15.2 Å². The van der Waals surface area contributed by atoms with Gasteiger partial charge in [0.25, 0.3) is 0 Å². The average Bonchev–Trinajstić information content (AvgIpc) is 2.46. The third kappa shape index (κ3) is 2.29. The smallest absolute Gasteiger partial charge is 0.335 e. The van der Waals surface area contributed by atoms with Crippen molar-refractivity contribution < 1.29 is 19.0 Å². The van der Waals surface area contributed by atoms with E-state index in [9.17, 15) is 9.18 Å². The first-order chi connectivity index (χ1) is 9.91. The lowest BCUT2D eigenvalue weighted by Crippen LogP contribution is -2.67. The molecule has 3 unspecified atom stereocenters. The van der Waals surface area contributed by atoms with Gasteiger partial charge in [-0.1, -0.05) is 13.8 Å². The molecular weight excluding hydrogens is 273 g/mol. The summed E-state index contributed by atoms with van der Waals surface area (Å²) in [6.07, 6.45) is 2.29. The van der Waals surface area contributed by atoms with E-state index in [0.29, 0.717) is 5.92 Å². The molecule has 114 valence electrons. The van der Waals surface area contributed by atoms with Gasteiger partial charge in [0.2, 0.25) is 0 Å². The number of carbonyl (C=O) groups is 1. The van der Waals surface area contributed by atoms with Crippen molar-refractivity contribution in [1.29, 1.82) is 0 Å². The standard InChI is InChI=1S/C16H20FNO3/c1-16(2)13(10-4-3-7-21-14(10)16)18-12-8-9(15(19)20)5-6-11(12)17/h5-6,8,10,13-14,18H,3-4,7H2,1-2H3,(H,19,20). The Kier molecular flexibility index (Phi) is 3.40. The number of rotatable bonds is 3. The molecule has 4 nitrogen and oxygen atoms in total. The van der Waals surface area contributed by atoms with E-state index in [1.54, 1.807) is 0 Å². The Morgan fingerprint density at radius 1 is 1.48 bits per heavy atom. The fourth-order valence-corrected chi connectivity index (χ4v) is 3.75. The van der Waals surface area contributed by atoms with Crippen LogP contribution in [0.5, 0.6) is 0 Å². The van der Waals surface area contributed by atoms with Gasteiger partial charge in [-0.3, -0.25) is 0 Å². The van der Waals surface area contributed by atoms with Crippen LogP contribution in [-0.2, 0) is 4.74 Å². The minimum atomic E-state index is -1.05. The Bertz CT molecular complexity index is 573. The number of carboxylic acid groups (broad SMARTS) is 1. The van der Waals surface area contributed by atoms with E-state index < -0.39 is 11.8 Å². The fourth-order valence-electron chi connectivity index (χ4n) is 3.75. The fraction of sp³-hybridized carbons (Fsp3) is 0.562. The second-order valence-corrected chi connectivity index (χ2v) is 6.54. The van der Waals surface area contributed by atoms with Gasteiger partial charge in [-0.15, -0.1) is 0 Å². The molecule has 3 rings (SSSR count). The number of hydrogen-bond acceptors (Lipinski definition) is 3. The molecule has 1 saturated carbocycles. The Morgan fingerprint density at radius 2 is 2.24 bits per heavy atom. The van der Waals surface area contributed by atoms with Crippen molar-refractivity contribution >= 4 is 11.7 Å². The maximum atomic E-state index is 13.9. The lowest BCUT2D eigenvalue weighted by atomic mass is 9.55. The van der Waals surface area contributed by atoms with E-state index in [0.717, 1.165) is 19.4 Å². The van der Waals surface area contributed by atoms with Crippen molar-refractivity contribution in [3.8, 4) is 0 Å². The van der Waals surface area contributed by atoms with Gasteiger partial charge in [0.1, 0.15) is 5.82 Å².